The van der Waals surface area contributed by atoms with Crippen LogP contribution < -0.4 is 10.2 Å². The Bertz CT molecular complexity index is 753. The molecule has 29 heavy (non-hydrogen) atoms. The molecule has 2 atom stereocenters. The summed E-state index contributed by atoms with van der Waals surface area (Å²) in [5.74, 6) is 4.11. The topological polar surface area (TPSA) is 70.4 Å². The lowest BCUT2D eigenvalue weighted by Crippen LogP contribution is -2.54. The fourth-order valence-electron chi connectivity index (χ4n) is 7.23. The number of hydrogen-bond acceptors (Lipinski definition) is 5. The van der Waals surface area contributed by atoms with E-state index < -0.39 is 5.60 Å². The molecule has 0 amide bonds. The minimum absolute atomic E-state index is 0.187. The van der Waals surface area contributed by atoms with Crippen molar-refractivity contribution in [2.75, 3.05) is 31.6 Å². The first-order valence-corrected chi connectivity index (χ1v) is 11.6. The zero-order valence-electron chi connectivity index (χ0n) is 17.9. The van der Waals surface area contributed by atoms with Crippen LogP contribution in [-0.4, -0.2) is 53.0 Å². The summed E-state index contributed by atoms with van der Waals surface area (Å²) in [6.45, 7) is 3.22. The monoisotopic (exact) mass is 400 g/mol. The maximum atomic E-state index is 13.1. The van der Waals surface area contributed by atoms with Gasteiger partial charge in [0.2, 0.25) is 0 Å². The van der Waals surface area contributed by atoms with Gasteiger partial charge in [-0.25, -0.2) is 0 Å². The van der Waals surface area contributed by atoms with Crippen molar-refractivity contribution in [1.29, 1.82) is 0 Å². The normalized spacial score (nSPS) is 36.5. The fraction of sp³-hybridized carbons (Fsp3) is 0.826. The Morgan fingerprint density at radius 1 is 1.28 bits per heavy atom. The second-order valence-corrected chi connectivity index (χ2v) is 10.6. The number of hydrogen-bond donors (Lipinski definition) is 2. The summed E-state index contributed by atoms with van der Waals surface area (Å²) in [7, 11) is 4.06. The minimum atomic E-state index is -0.425. The van der Waals surface area contributed by atoms with Crippen LogP contribution in [0.4, 0.5) is 5.82 Å². The third-order valence-electron chi connectivity index (χ3n) is 8.38. The average molecular weight is 401 g/mol. The molecule has 6 heteroatoms. The van der Waals surface area contributed by atoms with E-state index in [1.54, 1.807) is 0 Å². The number of piperidine rings is 1. The number of aliphatic hydroxyl groups is 1. The highest BCUT2D eigenvalue weighted by molar-refractivity contribution is 5.95. The van der Waals surface area contributed by atoms with Gasteiger partial charge in [-0.15, -0.1) is 0 Å². The van der Waals surface area contributed by atoms with Gasteiger partial charge in [0.25, 0.3) is 0 Å². The SMILES string of the molecule is CN(CC1CCNCC1)c1cc(C(=O)CC2C3CC4CC2CC(O)(C4)C3)nn1C. The van der Waals surface area contributed by atoms with Crippen LogP contribution in [0.15, 0.2) is 6.07 Å². The third kappa shape index (κ3) is 3.74. The Labute approximate surface area is 174 Å². The van der Waals surface area contributed by atoms with Gasteiger partial charge in [-0.3, -0.25) is 9.48 Å². The number of carbonyl (C=O) groups excluding carboxylic acids is 1. The van der Waals surface area contributed by atoms with Crippen LogP contribution >= 0.6 is 0 Å². The van der Waals surface area contributed by atoms with Crippen molar-refractivity contribution >= 4 is 11.6 Å². The van der Waals surface area contributed by atoms with E-state index in [9.17, 15) is 9.90 Å². The molecule has 0 radical (unpaired) electrons. The molecule has 5 aliphatic rings. The molecule has 1 aromatic heterocycles. The molecule has 1 saturated heterocycles. The molecular weight excluding hydrogens is 364 g/mol. The fourth-order valence-corrected chi connectivity index (χ4v) is 7.23. The van der Waals surface area contributed by atoms with E-state index in [-0.39, 0.29) is 5.78 Å². The molecule has 2 N–H and O–H groups in total. The Kier molecular flexibility index (Phi) is 4.98. The molecule has 2 unspecified atom stereocenters. The van der Waals surface area contributed by atoms with Crippen LogP contribution in [0, 0.1) is 29.6 Å². The molecule has 4 aliphatic carbocycles. The highest BCUT2D eigenvalue weighted by Gasteiger charge is 2.54. The third-order valence-corrected chi connectivity index (χ3v) is 8.38. The molecular formula is C23H36N4O2. The maximum Gasteiger partial charge on any atom is 0.183 e. The summed E-state index contributed by atoms with van der Waals surface area (Å²) in [5.41, 5.74) is 0.193. The molecule has 1 aliphatic heterocycles. The summed E-state index contributed by atoms with van der Waals surface area (Å²) in [6.07, 6.45) is 8.26. The lowest BCUT2D eigenvalue weighted by atomic mass is 9.49. The van der Waals surface area contributed by atoms with E-state index >= 15 is 0 Å². The number of nitrogens with zero attached hydrogens (tertiary/aromatic N) is 3. The van der Waals surface area contributed by atoms with E-state index in [0.29, 0.717) is 41.7 Å². The highest BCUT2D eigenvalue weighted by Crippen LogP contribution is 2.59. The highest BCUT2D eigenvalue weighted by atomic mass is 16.3. The van der Waals surface area contributed by atoms with E-state index in [4.69, 9.17) is 0 Å². The van der Waals surface area contributed by atoms with Gasteiger partial charge in [0.15, 0.2) is 5.78 Å². The molecule has 1 aromatic rings. The van der Waals surface area contributed by atoms with E-state index in [1.165, 1.54) is 25.7 Å². The number of ketones is 1. The first-order valence-electron chi connectivity index (χ1n) is 11.6. The van der Waals surface area contributed by atoms with Gasteiger partial charge in [-0.05, 0) is 87.6 Å². The first-order chi connectivity index (χ1) is 13.9. The zero-order chi connectivity index (χ0) is 20.2. The molecule has 2 heterocycles. The number of aryl methyl sites for hydroxylation is 1. The van der Waals surface area contributed by atoms with Crippen molar-refractivity contribution in [3.05, 3.63) is 11.8 Å². The summed E-state index contributed by atoms with van der Waals surface area (Å²) in [6, 6.07) is 1.99. The van der Waals surface area contributed by atoms with E-state index in [0.717, 1.165) is 44.7 Å². The molecule has 6 rings (SSSR count). The van der Waals surface area contributed by atoms with Crippen LogP contribution in [0.2, 0.25) is 0 Å². The molecule has 0 aromatic carbocycles. The number of aromatic nitrogens is 2. The summed E-state index contributed by atoms with van der Waals surface area (Å²) in [4.78, 5) is 15.4. The maximum absolute atomic E-state index is 13.1. The first kappa shape index (κ1) is 19.6. The second-order valence-electron chi connectivity index (χ2n) is 10.6. The van der Waals surface area contributed by atoms with E-state index in [1.807, 2.05) is 17.8 Å². The number of anilines is 1. The van der Waals surface area contributed by atoms with Gasteiger partial charge in [0, 0.05) is 33.1 Å². The van der Waals surface area contributed by atoms with Crippen molar-refractivity contribution in [2.45, 2.75) is 57.0 Å². The molecule has 160 valence electrons. The average Bonchev–Trinajstić information content (AvgIpc) is 3.06. The lowest BCUT2D eigenvalue weighted by Gasteiger charge is -2.58. The Hall–Kier alpha value is -1.40. The number of Topliss-reactive ketones (excluding diaryl/α,β-unsaturated/α-hetero) is 1. The van der Waals surface area contributed by atoms with Crippen LogP contribution in [0.25, 0.3) is 0 Å². The number of carbonyl (C=O) groups is 1. The largest absolute Gasteiger partial charge is 0.390 e. The predicted octanol–water partition coefficient (Wildman–Crippen LogP) is 2.62. The Balaban J connectivity index is 1.24. The van der Waals surface area contributed by atoms with Gasteiger partial charge < -0.3 is 15.3 Å². The van der Waals surface area contributed by atoms with Crippen molar-refractivity contribution in [3.8, 4) is 0 Å². The van der Waals surface area contributed by atoms with Crippen molar-refractivity contribution in [3.63, 3.8) is 0 Å². The zero-order valence-corrected chi connectivity index (χ0v) is 17.9. The Morgan fingerprint density at radius 3 is 2.62 bits per heavy atom. The van der Waals surface area contributed by atoms with Crippen molar-refractivity contribution < 1.29 is 9.90 Å². The molecule has 5 fully saturated rings. The van der Waals surface area contributed by atoms with Crippen molar-refractivity contribution in [2.24, 2.45) is 36.6 Å². The Morgan fingerprint density at radius 2 is 1.97 bits per heavy atom. The smallest absolute Gasteiger partial charge is 0.183 e. The molecule has 6 nitrogen and oxygen atoms in total. The van der Waals surface area contributed by atoms with Gasteiger partial charge in [0.05, 0.1) is 5.60 Å². The predicted molar refractivity (Wildman–Crippen MR) is 113 cm³/mol. The van der Waals surface area contributed by atoms with Crippen molar-refractivity contribution in [1.82, 2.24) is 15.1 Å². The lowest BCUT2D eigenvalue weighted by molar-refractivity contribution is -0.151. The standard InChI is InChI=1S/C23H36N4O2/c1-26(14-15-3-5-24-6-4-15)22-10-20(25-27(22)2)21(28)9-19-17-7-16-8-18(19)13-23(29,11-16)12-17/h10,15-19,24,29H,3-9,11-14H2,1-2H3. The number of nitrogens with one attached hydrogen (secondary N) is 1. The molecule has 4 bridgehead atoms. The van der Waals surface area contributed by atoms with Crippen LogP contribution in [0.5, 0.6) is 0 Å². The van der Waals surface area contributed by atoms with Gasteiger partial charge >= 0.3 is 0 Å². The van der Waals surface area contributed by atoms with Gasteiger partial charge in [-0.2, -0.15) is 5.10 Å². The van der Waals surface area contributed by atoms with Gasteiger partial charge in [0.1, 0.15) is 11.5 Å². The molecule has 4 saturated carbocycles. The van der Waals surface area contributed by atoms with E-state index in [2.05, 4.69) is 22.4 Å². The van der Waals surface area contributed by atoms with Crippen LogP contribution in [0.3, 0.4) is 0 Å². The van der Waals surface area contributed by atoms with Gasteiger partial charge in [-0.1, -0.05) is 0 Å². The summed E-state index contributed by atoms with van der Waals surface area (Å²) in [5, 5.41) is 18.8. The quantitative estimate of drug-likeness (QED) is 0.719. The summed E-state index contributed by atoms with van der Waals surface area (Å²) >= 11 is 0. The summed E-state index contributed by atoms with van der Waals surface area (Å²) < 4.78 is 1.87. The minimum Gasteiger partial charge on any atom is -0.390 e. The van der Waals surface area contributed by atoms with Crippen LogP contribution in [0.1, 0.15) is 61.9 Å². The number of rotatable bonds is 6. The second kappa shape index (κ2) is 7.38. The van der Waals surface area contributed by atoms with Crippen LogP contribution in [-0.2, 0) is 7.05 Å². The molecule has 0 spiro atoms.